The molecule has 1 fully saturated rings. The van der Waals surface area contributed by atoms with E-state index in [1.165, 1.54) is 6.33 Å². The highest BCUT2D eigenvalue weighted by Crippen LogP contribution is 2.33. The summed E-state index contributed by atoms with van der Waals surface area (Å²) in [5, 5.41) is 0. The van der Waals surface area contributed by atoms with E-state index in [2.05, 4.69) is 9.97 Å². The van der Waals surface area contributed by atoms with Crippen molar-refractivity contribution in [2.75, 3.05) is 13.2 Å². The Morgan fingerprint density at radius 2 is 2.41 bits per heavy atom. The van der Waals surface area contributed by atoms with Crippen molar-refractivity contribution in [1.29, 1.82) is 0 Å². The third-order valence-corrected chi connectivity index (χ3v) is 3.71. The lowest BCUT2D eigenvalue weighted by molar-refractivity contribution is 0.0510. The Kier molecular flexibility index (Phi) is 3.95. The molecule has 0 spiro atoms. The number of imidazole rings is 1. The Labute approximate surface area is 127 Å². The van der Waals surface area contributed by atoms with Crippen LogP contribution in [0.2, 0.25) is 0 Å². The predicted molar refractivity (Wildman–Crippen MR) is 76.3 cm³/mol. The van der Waals surface area contributed by atoms with Gasteiger partial charge in [-0.1, -0.05) is 0 Å². The summed E-state index contributed by atoms with van der Waals surface area (Å²) < 4.78 is 10.4. The van der Waals surface area contributed by atoms with E-state index in [-0.39, 0.29) is 29.9 Å². The SMILES string of the molecule is CCOC(=O)c1[nH]cnc1C(=O)N1CCC[C@@H]1c1ccco1. The molecule has 7 heteroatoms. The standard InChI is InChI=1S/C15H17N3O4/c1-2-21-15(20)13-12(16-9-17-13)14(19)18-7-3-5-10(18)11-6-4-8-22-11/h4,6,8-10H,2-3,5,7H2,1H3,(H,16,17)/t10-/m1/s1. The number of carbonyl (C=O) groups is 2. The lowest BCUT2D eigenvalue weighted by Gasteiger charge is -2.22. The number of rotatable bonds is 4. The third kappa shape index (κ3) is 2.49. The monoisotopic (exact) mass is 303 g/mol. The number of nitrogens with zero attached hydrogens (tertiary/aromatic N) is 2. The van der Waals surface area contributed by atoms with Crippen molar-refractivity contribution in [2.45, 2.75) is 25.8 Å². The molecule has 2 aromatic rings. The molecule has 22 heavy (non-hydrogen) atoms. The highest BCUT2D eigenvalue weighted by molar-refractivity contribution is 6.03. The number of likely N-dealkylation sites (tertiary alicyclic amines) is 1. The van der Waals surface area contributed by atoms with E-state index in [9.17, 15) is 9.59 Å². The van der Waals surface area contributed by atoms with E-state index in [4.69, 9.17) is 9.15 Å². The molecule has 7 nitrogen and oxygen atoms in total. The van der Waals surface area contributed by atoms with Crippen LogP contribution in [0.1, 0.15) is 52.5 Å². The summed E-state index contributed by atoms with van der Waals surface area (Å²) in [5.74, 6) is -0.112. The van der Waals surface area contributed by atoms with Gasteiger partial charge in [-0.25, -0.2) is 9.78 Å². The quantitative estimate of drug-likeness (QED) is 0.874. The topological polar surface area (TPSA) is 88.4 Å². The highest BCUT2D eigenvalue weighted by atomic mass is 16.5. The van der Waals surface area contributed by atoms with Gasteiger partial charge in [0.1, 0.15) is 5.76 Å². The van der Waals surface area contributed by atoms with Gasteiger partial charge in [0.25, 0.3) is 5.91 Å². The van der Waals surface area contributed by atoms with Crippen LogP contribution in [0.25, 0.3) is 0 Å². The molecule has 1 atom stereocenters. The fraction of sp³-hybridized carbons (Fsp3) is 0.400. The summed E-state index contributed by atoms with van der Waals surface area (Å²) in [5.41, 5.74) is 0.189. The van der Waals surface area contributed by atoms with Gasteiger partial charge in [0, 0.05) is 6.54 Å². The Hall–Kier alpha value is -2.57. The molecular formula is C15H17N3O4. The number of nitrogens with one attached hydrogen (secondary N) is 1. The number of furan rings is 1. The maximum absolute atomic E-state index is 12.7. The second kappa shape index (κ2) is 6.05. The molecule has 3 rings (SSSR count). The van der Waals surface area contributed by atoms with Gasteiger partial charge in [-0.2, -0.15) is 0 Å². The lowest BCUT2D eigenvalue weighted by Crippen LogP contribution is -2.32. The van der Waals surface area contributed by atoms with E-state index in [1.54, 1.807) is 24.2 Å². The van der Waals surface area contributed by atoms with E-state index in [1.807, 2.05) is 6.07 Å². The van der Waals surface area contributed by atoms with Crippen molar-refractivity contribution in [3.63, 3.8) is 0 Å². The molecule has 0 saturated carbocycles. The van der Waals surface area contributed by atoms with Crippen molar-refractivity contribution >= 4 is 11.9 Å². The second-order valence-corrected chi connectivity index (χ2v) is 5.02. The van der Waals surface area contributed by atoms with Gasteiger partial charge >= 0.3 is 5.97 Å². The number of amides is 1. The number of carbonyl (C=O) groups excluding carboxylic acids is 2. The Morgan fingerprint density at radius 3 is 3.14 bits per heavy atom. The first kappa shape index (κ1) is 14.4. The molecule has 1 N–H and O–H groups in total. The zero-order chi connectivity index (χ0) is 15.5. The summed E-state index contributed by atoms with van der Waals surface area (Å²) in [7, 11) is 0. The van der Waals surface area contributed by atoms with Crippen LogP contribution in [0.4, 0.5) is 0 Å². The maximum Gasteiger partial charge on any atom is 0.357 e. The summed E-state index contributed by atoms with van der Waals surface area (Å²) >= 11 is 0. The van der Waals surface area contributed by atoms with Crippen LogP contribution in [-0.2, 0) is 4.74 Å². The van der Waals surface area contributed by atoms with E-state index in [0.29, 0.717) is 6.54 Å². The molecule has 0 aliphatic carbocycles. The number of hydrogen-bond donors (Lipinski definition) is 1. The van der Waals surface area contributed by atoms with Gasteiger partial charge in [0.05, 0.1) is 25.2 Å². The maximum atomic E-state index is 12.7. The third-order valence-electron chi connectivity index (χ3n) is 3.71. The van der Waals surface area contributed by atoms with Crippen molar-refractivity contribution in [3.05, 3.63) is 41.9 Å². The number of esters is 1. The average molecular weight is 303 g/mol. The molecule has 1 saturated heterocycles. The van der Waals surface area contributed by atoms with Gasteiger partial charge in [-0.3, -0.25) is 4.79 Å². The van der Waals surface area contributed by atoms with Gasteiger partial charge < -0.3 is 19.0 Å². The Morgan fingerprint density at radius 1 is 1.55 bits per heavy atom. The molecule has 0 unspecified atom stereocenters. The first-order valence-corrected chi connectivity index (χ1v) is 7.27. The first-order valence-electron chi connectivity index (χ1n) is 7.27. The van der Waals surface area contributed by atoms with Gasteiger partial charge in [0.2, 0.25) is 0 Å². The molecule has 2 aromatic heterocycles. The molecule has 0 aromatic carbocycles. The highest BCUT2D eigenvalue weighted by Gasteiger charge is 2.35. The fourth-order valence-corrected chi connectivity index (χ4v) is 2.74. The van der Waals surface area contributed by atoms with E-state index in [0.717, 1.165) is 18.6 Å². The fourth-order valence-electron chi connectivity index (χ4n) is 2.74. The summed E-state index contributed by atoms with van der Waals surface area (Å²) in [6.45, 7) is 2.56. The lowest BCUT2D eigenvalue weighted by atomic mass is 10.1. The van der Waals surface area contributed by atoms with Crippen LogP contribution in [0.3, 0.4) is 0 Å². The van der Waals surface area contributed by atoms with Crippen LogP contribution >= 0.6 is 0 Å². The van der Waals surface area contributed by atoms with E-state index >= 15 is 0 Å². The molecule has 1 amide bonds. The molecule has 0 bridgehead atoms. The molecule has 116 valence electrons. The minimum atomic E-state index is -0.572. The molecule has 3 heterocycles. The normalized spacial score (nSPS) is 17.7. The van der Waals surface area contributed by atoms with Gasteiger partial charge in [-0.05, 0) is 31.9 Å². The van der Waals surface area contributed by atoms with Gasteiger partial charge in [0.15, 0.2) is 11.4 Å². The zero-order valence-electron chi connectivity index (χ0n) is 12.2. The minimum Gasteiger partial charge on any atom is -0.467 e. The summed E-state index contributed by atoms with van der Waals surface area (Å²) in [4.78, 5) is 33.0. The number of hydrogen-bond acceptors (Lipinski definition) is 5. The van der Waals surface area contributed by atoms with Crippen LogP contribution in [0, 0.1) is 0 Å². The van der Waals surface area contributed by atoms with Crippen molar-refractivity contribution in [1.82, 2.24) is 14.9 Å². The van der Waals surface area contributed by atoms with Crippen LogP contribution in [0.15, 0.2) is 29.1 Å². The molecule has 0 radical (unpaired) electrons. The van der Waals surface area contributed by atoms with Gasteiger partial charge in [-0.15, -0.1) is 0 Å². The second-order valence-electron chi connectivity index (χ2n) is 5.02. The number of aromatic amines is 1. The number of ether oxygens (including phenoxy) is 1. The number of H-pyrrole nitrogens is 1. The first-order chi connectivity index (χ1) is 10.7. The average Bonchev–Trinajstić information content (AvgIpc) is 3.25. The van der Waals surface area contributed by atoms with Crippen LogP contribution in [-0.4, -0.2) is 39.9 Å². The smallest absolute Gasteiger partial charge is 0.357 e. The Bertz CT molecular complexity index is 662. The summed E-state index contributed by atoms with van der Waals surface area (Å²) in [6, 6.07) is 3.54. The minimum absolute atomic E-state index is 0.0944. The van der Waals surface area contributed by atoms with Crippen LogP contribution in [0.5, 0.6) is 0 Å². The zero-order valence-corrected chi connectivity index (χ0v) is 12.2. The van der Waals surface area contributed by atoms with Crippen LogP contribution < -0.4 is 0 Å². The molecule has 1 aliphatic heterocycles. The Balaban J connectivity index is 1.85. The predicted octanol–water partition coefficient (Wildman–Crippen LogP) is 2.16. The molecule has 1 aliphatic rings. The van der Waals surface area contributed by atoms with Crippen molar-refractivity contribution < 1.29 is 18.7 Å². The summed E-state index contributed by atoms with van der Waals surface area (Å²) in [6.07, 6.45) is 4.64. The largest absolute Gasteiger partial charge is 0.467 e. The molecular weight excluding hydrogens is 286 g/mol. The van der Waals surface area contributed by atoms with Crippen molar-refractivity contribution in [3.8, 4) is 0 Å². The number of aromatic nitrogens is 2. The van der Waals surface area contributed by atoms with E-state index < -0.39 is 5.97 Å². The van der Waals surface area contributed by atoms with Crippen molar-refractivity contribution in [2.24, 2.45) is 0 Å².